The van der Waals surface area contributed by atoms with Gasteiger partial charge in [-0.05, 0) is 55.4 Å². The molecule has 117 valence electrons. The minimum Gasteiger partial charge on any atom is -0.429 e. The molecule has 0 saturated carbocycles. The summed E-state index contributed by atoms with van der Waals surface area (Å²) in [7, 11) is 0. The lowest BCUT2D eigenvalue weighted by atomic mass is 9.90. The van der Waals surface area contributed by atoms with Crippen LogP contribution in [0.25, 0.3) is 0 Å². The van der Waals surface area contributed by atoms with Crippen molar-refractivity contribution in [1.82, 2.24) is 0 Å². The maximum Gasteiger partial charge on any atom is 0.482 e. The van der Waals surface area contributed by atoms with Crippen molar-refractivity contribution in [3.8, 4) is 0 Å². The predicted molar refractivity (Wildman–Crippen MR) is 75.4 cm³/mol. The Morgan fingerprint density at radius 1 is 0.474 bits per heavy atom. The first-order valence-electron chi connectivity index (χ1n) is 5.91. The third-order valence-corrected chi connectivity index (χ3v) is 2.99. The van der Waals surface area contributed by atoms with Crippen LogP contribution in [0.2, 0.25) is 0 Å². The van der Waals surface area contributed by atoms with Gasteiger partial charge >= 0.3 is 7.69 Å². The van der Waals surface area contributed by atoms with Crippen LogP contribution in [0.15, 0.2) is 0 Å². The van der Waals surface area contributed by atoms with Crippen molar-refractivity contribution in [3.05, 3.63) is 0 Å². The van der Waals surface area contributed by atoms with Crippen LogP contribution >= 0.6 is 0 Å². The van der Waals surface area contributed by atoms with Gasteiger partial charge < -0.3 is 30.5 Å². The van der Waals surface area contributed by atoms with Crippen molar-refractivity contribution in [2.75, 3.05) is 0 Å². The van der Waals surface area contributed by atoms with E-state index in [9.17, 15) is 0 Å². The van der Waals surface area contributed by atoms with Crippen LogP contribution in [0.4, 0.5) is 0 Å². The first-order chi connectivity index (χ1) is 7.91. The maximum absolute atomic E-state index is 9.10. The molecule has 0 aliphatic rings. The average Bonchev–Trinajstić information content (AvgIpc) is 1.97. The van der Waals surface area contributed by atoms with Crippen LogP contribution in [0.3, 0.4) is 0 Å². The summed E-state index contributed by atoms with van der Waals surface area (Å²) in [6.45, 7) is 12.6. The van der Waals surface area contributed by atoms with E-state index >= 15 is 0 Å². The Morgan fingerprint density at radius 3 is 0.526 bits per heavy atom. The first-order valence-corrected chi connectivity index (χ1v) is 5.91. The highest BCUT2D eigenvalue weighted by atomic mass is 16.4. The van der Waals surface area contributed by atoms with Gasteiger partial charge in [-0.25, -0.2) is 0 Å². The summed E-state index contributed by atoms with van der Waals surface area (Å²) in [5.74, 6) is 0. The van der Waals surface area contributed by atoms with Crippen LogP contribution in [-0.2, 0) is 0 Å². The second-order valence-corrected chi connectivity index (χ2v) is 6.35. The lowest BCUT2D eigenvalue weighted by Crippen LogP contribution is -2.44. The topological polar surface area (TPSA) is 121 Å². The molecule has 0 heterocycles. The zero-order valence-corrected chi connectivity index (χ0v) is 13.3. The van der Waals surface area contributed by atoms with Crippen molar-refractivity contribution in [2.45, 2.75) is 77.8 Å². The van der Waals surface area contributed by atoms with Crippen LogP contribution in [0.5, 0.6) is 0 Å². The second-order valence-electron chi connectivity index (χ2n) is 6.35. The third-order valence-electron chi connectivity index (χ3n) is 2.99. The molecule has 6 N–H and O–H groups in total. The standard InChI is InChI=1S/2C6H14O2.BH2O2/c2*1-5(2,7)6(3,4)8;2-1-3/h2*7-8H,1-4H3;2-3H. The highest BCUT2D eigenvalue weighted by molar-refractivity contribution is 6.13. The molecule has 0 spiro atoms. The molecule has 0 saturated heterocycles. The van der Waals surface area contributed by atoms with Gasteiger partial charge in [-0.15, -0.1) is 0 Å². The quantitative estimate of drug-likeness (QED) is 0.382. The van der Waals surface area contributed by atoms with Crippen LogP contribution in [-0.4, -0.2) is 60.6 Å². The Balaban J connectivity index is -0.000000224. The average molecular weight is 281 g/mol. The molecule has 1 radical (unpaired) electrons. The molecule has 6 nitrogen and oxygen atoms in total. The van der Waals surface area contributed by atoms with E-state index in [2.05, 4.69) is 0 Å². The van der Waals surface area contributed by atoms with E-state index in [-0.39, 0.29) is 7.69 Å². The molecule has 0 aromatic rings. The Bertz CT molecular complexity index is 168. The normalized spacial score (nSPS) is 12.7. The van der Waals surface area contributed by atoms with Gasteiger partial charge in [-0.1, -0.05) is 0 Å². The molecular formula is C12H30BO6. The SMILES string of the molecule is CC(C)(O)C(C)(C)O.CC(C)(O)C(C)(C)O.O[B]O. The van der Waals surface area contributed by atoms with Gasteiger partial charge in [-0.2, -0.15) is 0 Å². The summed E-state index contributed by atoms with van der Waals surface area (Å²) >= 11 is 0. The number of rotatable bonds is 2. The molecule has 0 amide bonds. The van der Waals surface area contributed by atoms with E-state index in [1.54, 1.807) is 55.4 Å². The predicted octanol–water partition coefficient (Wildman–Crippen LogP) is -0.438. The van der Waals surface area contributed by atoms with E-state index in [1.807, 2.05) is 0 Å². The van der Waals surface area contributed by atoms with Gasteiger partial charge in [0.1, 0.15) is 0 Å². The Kier molecular flexibility index (Phi) is 10.3. The fourth-order valence-corrected chi connectivity index (χ4v) is 0. The van der Waals surface area contributed by atoms with Gasteiger partial charge in [0, 0.05) is 0 Å². The fraction of sp³-hybridized carbons (Fsp3) is 1.00. The van der Waals surface area contributed by atoms with Crippen LogP contribution in [0.1, 0.15) is 55.4 Å². The maximum atomic E-state index is 9.10. The lowest BCUT2D eigenvalue weighted by molar-refractivity contribution is -0.107. The van der Waals surface area contributed by atoms with Gasteiger partial charge in [0.25, 0.3) is 0 Å². The van der Waals surface area contributed by atoms with E-state index < -0.39 is 22.4 Å². The zero-order chi connectivity index (χ0) is 16.7. The molecule has 0 aliphatic carbocycles. The van der Waals surface area contributed by atoms with E-state index in [0.29, 0.717) is 0 Å². The van der Waals surface area contributed by atoms with Gasteiger partial charge in [-0.3, -0.25) is 0 Å². The molecule has 19 heavy (non-hydrogen) atoms. The molecule has 0 bridgehead atoms. The van der Waals surface area contributed by atoms with Crippen LogP contribution < -0.4 is 0 Å². The van der Waals surface area contributed by atoms with E-state index in [4.69, 9.17) is 30.5 Å². The number of hydrogen-bond donors (Lipinski definition) is 6. The minimum atomic E-state index is -1.01. The summed E-state index contributed by atoms with van der Waals surface area (Å²) in [5.41, 5.74) is -4.03. The summed E-state index contributed by atoms with van der Waals surface area (Å²) in [5, 5.41) is 50.4. The molecule has 0 aliphatic heterocycles. The molecule has 7 heteroatoms. The summed E-state index contributed by atoms with van der Waals surface area (Å²) < 4.78 is 0. The molecule has 0 aromatic heterocycles. The van der Waals surface area contributed by atoms with Crippen molar-refractivity contribution >= 4 is 7.69 Å². The summed E-state index contributed by atoms with van der Waals surface area (Å²) in [6, 6.07) is 0. The smallest absolute Gasteiger partial charge is 0.429 e. The minimum absolute atomic E-state index is 0. The number of aliphatic hydroxyl groups is 4. The highest BCUT2D eigenvalue weighted by Gasteiger charge is 2.32. The largest absolute Gasteiger partial charge is 0.482 e. The van der Waals surface area contributed by atoms with Gasteiger partial charge in [0.2, 0.25) is 0 Å². The van der Waals surface area contributed by atoms with E-state index in [0.717, 1.165) is 0 Å². The molecule has 0 fully saturated rings. The van der Waals surface area contributed by atoms with Crippen molar-refractivity contribution in [2.24, 2.45) is 0 Å². The van der Waals surface area contributed by atoms with Crippen molar-refractivity contribution in [1.29, 1.82) is 0 Å². The first kappa shape index (κ1) is 23.9. The Labute approximate surface area is 117 Å². The second kappa shape index (κ2) is 8.19. The summed E-state index contributed by atoms with van der Waals surface area (Å²) in [4.78, 5) is 0. The van der Waals surface area contributed by atoms with Crippen molar-refractivity contribution in [3.63, 3.8) is 0 Å². The van der Waals surface area contributed by atoms with Gasteiger partial charge in [0.15, 0.2) is 0 Å². The molecule has 0 aromatic carbocycles. The Morgan fingerprint density at radius 2 is 0.526 bits per heavy atom. The monoisotopic (exact) mass is 281 g/mol. The number of hydrogen-bond acceptors (Lipinski definition) is 6. The molecule has 0 atom stereocenters. The lowest BCUT2D eigenvalue weighted by Gasteiger charge is -2.31. The highest BCUT2D eigenvalue weighted by Crippen LogP contribution is 2.19. The fourth-order valence-electron chi connectivity index (χ4n) is 0. The zero-order valence-electron chi connectivity index (χ0n) is 13.3. The van der Waals surface area contributed by atoms with Crippen molar-refractivity contribution < 1.29 is 30.5 Å². The summed E-state index contributed by atoms with van der Waals surface area (Å²) in [6.07, 6.45) is 0. The third kappa shape index (κ3) is 14.0. The molecular weight excluding hydrogens is 251 g/mol. The molecule has 0 unspecified atom stereocenters. The van der Waals surface area contributed by atoms with Crippen LogP contribution in [0, 0.1) is 0 Å². The molecule has 0 rings (SSSR count). The van der Waals surface area contributed by atoms with Gasteiger partial charge in [0.05, 0.1) is 22.4 Å². The Hall–Kier alpha value is -0.175. The van der Waals surface area contributed by atoms with E-state index in [1.165, 1.54) is 0 Å².